The van der Waals surface area contributed by atoms with Crippen LogP contribution in [0.5, 0.6) is 5.75 Å². The predicted octanol–water partition coefficient (Wildman–Crippen LogP) is 1.86. The van der Waals surface area contributed by atoms with Crippen molar-refractivity contribution in [3.63, 3.8) is 0 Å². The Bertz CT molecular complexity index is 917. The summed E-state index contributed by atoms with van der Waals surface area (Å²) in [6.07, 6.45) is 0. The standard InChI is InChI=1S/C18H20N2O5S2/c1-14(21)15-4-2-5-16(12-15)25-13-17(22)19-7-9-20(10-8-19)27(23,24)18-6-3-11-26-18/h2-6,11-12H,7-10,13H2,1H3. The van der Waals surface area contributed by atoms with Gasteiger partial charge in [-0.25, -0.2) is 8.42 Å². The molecule has 1 saturated heterocycles. The number of hydrogen-bond acceptors (Lipinski definition) is 6. The number of nitrogens with zero attached hydrogens (tertiary/aromatic N) is 2. The van der Waals surface area contributed by atoms with Crippen LogP contribution in [-0.4, -0.2) is 62.1 Å². The molecule has 0 spiro atoms. The average molecular weight is 409 g/mol. The maximum Gasteiger partial charge on any atom is 0.260 e. The van der Waals surface area contributed by atoms with Crippen LogP contribution >= 0.6 is 11.3 Å². The van der Waals surface area contributed by atoms with Crippen LogP contribution in [0.15, 0.2) is 46.0 Å². The Balaban J connectivity index is 1.53. The quantitative estimate of drug-likeness (QED) is 0.682. The molecule has 1 fully saturated rings. The zero-order chi connectivity index (χ0) is 19.4. The molecule has 2 heterocycles. The first-order valence-corrected chi connectivity index (χ1v) is 10.7. The summed E-state index contributed by atoms with van der Waals surface area (Å²) >= 11 is 1.19. The fraction of sp³-hybridized carbons (Fsp3) is 0.333. The minimum absolute atomic E-state index is 0.0742. The smallest absolute Gasteiger partial charge is 0.260 e. The Kier molecular flexibility index (Phi) is 5.93. The highest BCUT2D eigenvalue weighted by Crippen LogP contribution is 2.22. The number of carbonyl (C=O) groups is 2. The molecule has 1 aliphatic heterocycles. The number of rotatable bonds is 6. The number of ketones is 1. The second kappa shape index (κ2) is 8.20. The summed E-state index contributed by atoms with van der Waals surface area (Å²) in [6, 6.07) is 9.96. The SMILES string of the molecule is CC(=O)c1cccc(OCC(=O)N2CCN(S(=O)(=O)c3cccs3)CC2)c1. The minimum atomic E-state index is -3.49. The first-order valence-electron chi connectivity index (χ1n) is 8.43. The van der Waals surface area contributed by atoms with Crippen LogP contribution in [0, 0.1) is 0 Å². The van der Waals surface area contributed by atoms with E-state index < -0.39 is 10.0 Å². The van der Waals surface area contributed by atoms with Gasteiger partial charge in [-0.3, -0.25) is 9.59 Å². The lowest BCUT2D eigenvalue weighted by molar-refractivity contribution is -0.134. The lowest BCUT2D eigenvalue weighted by atomic mass is 10.1. The van der Waals surface area contributed by atoms with Crippen LogP contribution in [0.25, 0.3) is 0 Å². The molecule has 1 aromatic carbocycles. The van der Waals surface area contributed by atoms with Crippen molar-refractivity contribution in [2.45, 2.75) is 11.1 Å². The number of ether oxygens (including phenoxy) is 1. The molecule has 2 aromatic rings. The molecule has 3 rings (SSSR count). The van der Waals surface area contributed by atoms with E-state index in [4.69, 9.17) is 4.74 Å². The van der Waals surface area contributed by atoms with Gasteiger partial charge in [-0.1, -0.05) is 18.2 Å². The second-order valence-electron chi connectivity index (χ2n) is 6.09. The van der Waals surface area contributed by atoms with Gasteiger partial charge in [-0.15, -0.1) is 11.3 Å². The van der Waals surface area contributed by atoms with Crippen LogP contribution in [-0.2, 0) is 14.8 Å². The number of piperazine rings is 1. The molecule has 7 nitrogen and oxygen atoms in total. The third-order valence-electron chi connectivity index (χ3n) is 4.28. The van der Waals surface area contributed by atoms with Crippen LogP contribution < -0.4 is 4.74 Å². The van der Waals surface area contributed by atoms with Crippen molar-refractivity contribution in [2.75, 3.05) is 32.8 Å². The van der Waals surface area contributed by atoms with Gasteiger partial charge in [-0.05, 0) is 30.5 Å². The molecule has 0 N–H and O–H groups in total. The Labute approximate surface area is 162 Å². The van der Waals surface area contributed by atoms with Crippen LogP contribution in [0.4, 0.5) is 0 Å². The normalized spacial score (nSPS) is 15.5. The molecule has 0 aliphatic carbocycles. The molecule has 1 amide bonds. The number of thiophene rings is 1. The van der Waals surface area contributed by atoms with Crippen LogP contribution in [0.2, 0.25) is 0 Å². The molecule has 0 radical (unpaired) electrons. The summed E-state index contributed by atoms with van der Waals surface area (Å²) in [4.78, 5) is 25.3. The topological polar surface area (TPSA) is 84.0 Å². The molecule has 144 valence electrons. The third kappa shape index (κ3) is 4.55. The highest BCUT2D eigenvalue weighted by molar-refractivity contribution is 7.91. The van der Waals surface area contributed by atoms with Crippen molar-refractivity contribution in [3.8, 4) is 5.75 Å². The molecule has 1 aromatic heterocycles. The van der Waals surface area contributed by atoms with Gasteiger partial charge in [0.2, 0.25) is 0 Å². The van der Waals surface area contributed by atoms with Crippen LogP contribution in [0.3, 0.4) is 0 Å². The summed E-state index contributed by atoms with van der Waals surface area (Å²) in [5.74, 6) is 0.168. The van der Waals surface area contributed by atoms with Gasteiger partial charge in [0.25, 0.3) is 15.9 Å². The van der Waals surface area contributed by atoms with Crippen molar-refractivity contribution >= 4 is 33.1 Å². The van der Waals surface area contributed by atoms with E-state index in [1.54, 1.807) is 46.7 Å². The summed E-state index contributed by atoms with van der Waals surface area (Å²) in [6.45, 7) is 2.46. The molecule has 0 saturated carbocycles. The number of benzene rings is 1. The van der Waals surface area contributed by atoms with E-state index in [1.165, 1.54) is 22.6 Å². The number of hydrogen-bond donors (Lipinski definition) is 0. The Morgan fingerprint density at radius 2 is 1.85 bits per heavy atom. The first kappa shape index (κ1) is 19.5. The molecule has 9 heteroatoms. The van der Waals surface area contributed by atoms with E-state index in [0.29, 0.717) is 28.6 Å². The minimum Gasteiger partial charge on any atom is -0.484 e. The molecular formula is C18H20N2O5S2. The van der Waals surface area contributed by atoms with Gasteiger partial charge >= 0.3 is 0 Å². The van der Waals surface area contributed by atoms with Crippen LogP contribution in [0.1, 0.15) is 17.3 Å². The van der Waals surface area contributed by atoms with E-state index in [-0.39, 0.29) is 31.4 Å². The Morgan fingerprint density at radius 3 is 2.48 bits per heavy atom. The lowest BCUT2D eigenvalue weighted by Gasteiger charge is -2.33. The van der Waals surface area contributed by atoms with Crippen molar-refractivity contribution in [1.82, 2.24) is 9.21 Å². The highest BCUT2D eigenvalue weighted by Gasteiger charge is 2.30. The maximum absolute atomic E-state index is 12.5. The van der Waals surface area contributed by atoms with E-state index in [9.17, 15) is 18.0 Å². The molecule has 0 atom stereocenters. The fourth-order valence-corrected chi connectivity index (χ4v) is 5.32. The Morgan fingerprint density at radius 1 is 1.11 bits per heavy atom. The zero-order valence-electron chi connectivity index (χ0n) is 14.8. The molecule has 0 bridgehead atoms. The molecule has 0 unspecified atom stereocenters. The summed E-state index contributed by atoms with van der Waals surface area (Å²) in [5.41, 5.74) is 0.521. The average Bonchev–Trinajstić information content (AvgIpc) is 3.22. The Hall–Kier alpha value is -2.23. The van der Waals surface area contributed by atoms with Gasteiger partial charge < -0.3 is 9.64 Å². The maximum atomic E-state index is 12.5. The van der Waals surface area contributed by atoms with Crippen molar-refractivity contribution in [3.05, 3.63) is 47.3 Å². The summed E-state index contributed by atoms with van der Waals surface area (Å²) in [5, 5.41) is 1.73. The zero-order valence-corrected chi connectivity index (χ0v) is 16.5. The molecular weight excluding hydrogens is 388 g/mol. The number of Topliss-reactive ketones (excluding diaryl/α,β-unsaturated/α-hetero) is 1. The van der Waals surface area contributed by atoms with E-state index in [1.807, 2.05) is 0 Å². The van der Waals surface area contributed by atoms with Crippen molar-refractivity contribution in [1.29, 1.82) is 0 Å². The largest absolute Gasteiger partial charge is 0.484 e. The number of sulfonamides is 1. The fourth-order valence-electron chi connectivity index (χ4n) is 2.76. The van der Waals surface area contributed by atoms with E-state index in [2.05, 4.69) is 0 Å². The summed E-state index contributed by atoms with van der Waals surface area (Å²) in [7, 11) is -3.49. The lowest BCUT2D eigenvalue weighted by Crippen LogP contribution is -2.51. The number of amides is 1. The van der Waals surface area contributed by atoms with Gasteiger partial charge in [0.1, 0.15) is 9.96 Å². The number of carbonyl (C=O) groups excluding carboxylic acids is 2. The van der Waals surface area contributed by atoms with Gasteiger partial charge in [-0.2, -0.15) is 4.31 Å². The van der Waals surface area contributed by atoms with Crippen molar-refractivity contribution in [2.24, 2.45) is 0 Å². The van der Waals surface area contributed by atoms with Gasteiger partial charge in [0, 0.05) is 31.7 Å². The van der Waals surface area contributed by atoms with Crippen molar-refractivity contribution < 1.29 is 22.7 Å². The highest BCUT2D eigenvalue weighted by atomic mass is 32.2. The predicted molar refractivity (Wildman–Crippen MR) is 102 cm³/mol. The first-order chi connectivity index (χ1) is 12.9. The molecule has 1 aliphatic rings. The monoisotopic (exact) mass is 408 g/mol. The van der Waals surface area contributed by atoms with E-state index in [0.717, 1.165) is 0 Å². The molecule has 27 heavy (non-hydrogen) atoms. The second-order valence-corrected chi connectivity index (χ2v) is 9.20. The summed E-state index contributed by atoms with van der Waals surface area (Å²) < 4.78 is 32.2. The van der Waals surface area contributed by atoms with Gasteiger partial charge in [0.15, 0.2) is 12.4 Å². The van der Waals surface area contributed by atoms with E-state index >= 15 is 0 Å². The van der Waals surface area contributed by atoms with Gasteiger partial charge in [0.05, 0.1) is 0 Å². The third-order valence-corrected chi connectivity index (χ3v) is 7.56.